The summed E-state index contributed by atoms with van der Waals surface area (Å²) in [5.41, 5.74) is 3.53. The van der Waals surface area contributed by atoms with Gasteiger partial charge in [0.05, 0.1) is 12.1 Å². The number of amides is 4. The summed E-state index contributed by atoms with van der Waals surface area (Å²) in [6, 6.07) is 14.8. The maximum absolute atomic E-state index is 12.5. The second-order valence-corrected chi connectivity index (χ2v) is 7.38. The molecule has 1 atom stereocenters. The summed E-state index contributed by atoms with van der Waals surface area (Å²) >= 11 is 0. The van der Waals surface area contributed by atoms with E-state index >= 15 is 0 Å². The molecule has 1 unspecified atom stereocenters. The molecule has 0 aliphatic carbocycles. The molecule has 0 bridgehead atoms. The van der Waals surface area contributed by atoms with Crippen LogP contribution >= 0.6 is 0 Å². The fraction of sp³-hybridized carbons (Fsp3) is 0.292. The highest BCUT2D eigenvalue weighted by atomic mass is 16.5. The van der Waals surface area contributed by atoms with E-state index in [2.05, 4.69) is 10.6 Å². The largest absolute Gasteiger partial charge is 0.379 e. The van der Waals surface area contributed by atoms with Gasteiger partial charge < -0.3 is 10.1 Å². The Labute approximate surface area is 187 Å². The van der Waals surface area contributed by atoms with Gasteiger partial charge in [0.2, 0.25) is 0 Å². The number of imide groups is 1. The summed E-state index contributed by atoms with van der Waals surface area (Å²) in [6.45, 7) is 4.47. The normalized spacial score (nSPS) is 11.9. The summed E-state index contributed by atoms with van der Waals surface area (Å²) in [5.74, 6) is -1.11. The van der Waals surface area contributed by atoms with E-state index in [1.165, 1.54) is 11.6 Å². The number of hydrogen-bond donors (Lipinski definition) is 4. The van der Waals surface area contributed by atoms with Gasteiger partial charge in [-0.05, 0) is 56.0 Å². The van der Waals surface area contributed by atoms with Gasteiger partial charge in [-0.25, -0.2) is 10.3 Å². The van der Waals surface area contributed by atoms with Crippen LogP contribution < -0.4 is 16.1 Å². The predicted octanol–water partition coefficient (Wildman–Crippen LogP) is 3.59. The number of rotatable bonds is 10. The molecule has 2 aromatic carbocycles. The average molecular weight is 440 g/mol. The molecule has 4 amide bonds. The minimum absolute atomic E-state index is 0.121. The number of carbonyl (C=O) groups excluding carboxylic acids is 3. The monoisotopic (exact) mass is 439 g/mol. The van der Waals surface area contributed by atoms with Crippen LogP contribution in [0.3, 0.4) is 0 Å². The van der Waals surface area contributed by atoms with Gasteiger partial charge in [-0.1, -0.05) is 42.5 Å². The van der Waals surface area contributed by atoms with Gasteiger partial charge in [0.15, 0.2) is 0 Å². The number of carbonyl (C=O) groups is 3. The molecular formula is C24H29N3O5. The number of hydrogen-bond acceptors (Lipinski definition) is 5. The van der Waals surface area contributed by atoms with Crippen LogP contribution in [0.5, 0.6) is 0 Å². The molecule has 0 aliphatic heterocycles. The maximum atomic E-state index is 12.5. The minimum Gasteiger partial charge on any atom is -0.379 e. The Morgan fingerprint density at radius 3 is 2.34 bits per heavy atom. The molecule has 0 saturated heterocycles. The lowest BCUT2D eigenvalue weighted by Gasteiger charge is -2.20. The van der Waals surface area contributed by atoms with Crippen molar-refractivity contribution in [2.45, 2.75) is 38.8 Å². The number of hydroxylamine groups is 1. The molecule has 0 aromatic heterocycles. The lowest BCUT2D eigenvalue weighted by molar-refractivity contribution is -0.124. The minimum atomic E-state index is -0.626. The van der Waals surface area contributed by atoms with E-state index in [4.69, 9.17) is 9.94 Å². The summed E-state index contributed by atoms with van der Waals surface area (Å²) in [7, 11) is 0. The van der Waals surface area contributed by atoms with Gasteiger partial charge >= 0.3 is 6.03 Å². The van der Waals surface area contributed by atoms with Gasteiger partial charge in [0.25, 0.3) is 11.8 Å². The van der Waals surface area contributed by atoms with Crippen molar-refractivity contribution in [2.75, 3.05) is 6.61 Å². The third-order valence-electron chi connectivity index (χ3n) is 4.53. The van der Waals surface area contributed by atoms with Crippen LogP contribution in [0.1, 0.15) is 54.2 Å². The maximum Gasteiger partial charge on any atom is 0.322 e. The van der Waals surface area contributed by atoms with Crippen molar-refractivity contribution in [3.05, 3.63) is 77.4 Å². The molecule has 0 radical (unpaired) electrons. The molecule has 170 valence electrons. The molecule has 2 rings (SSSR count). The smallest absolute Gasteiger partial charge is 0.322 e. The van der Waals surface area contributed by atoms with Crippen LogP contribution in [0, 0.1) is 0 Å². The van der Waals surface area contributed by atoms with Crippen LogP contribution in [0.15, 0.2) is 60.7 Å². The number of benzene rings is 2. The molecule has 32 heavy (non-hydrogen) atoms. The molecule has 4 N–H and O–H groups in total. The fourth-order valence-corrected chi connectivity index (χ4v) is 2.94. The molecule has 0 spiro atoms. The van der Waals surface area contributed by atoms with E-state index < -0.39 is 17.8 Å². The van der Waals surface area contributed by atoms with Gasteiger partial charge in [-0.3, -0.25) is 20.1 Å². The predicted molar refractivity (Wildman–Crippen MR) is 121 cm³/mol. The van der Waals surface area contributed by atoms with Gasteiger partial charge in [-0.2, -0.15) is 0 Å². The summed E-state index contributed by atoms with van der Waals surface area (Å²) in [4.78, 5) is 35.9. The second-order valence-electron chi connectivity index (χ2n) is 7.38. The van der Waals surface area contributed by atoms with Crippen molar-refractivity contribution in [1.82, 2.24) is 16.1 Å². The first-order valence-corrected chi connectivity index (χ1v) is 10.4. The molecule has 8 nitrogen and oxygen atoms in total. The number of urea groups is 1. The van der Waals surface area contributed by atoms with Gasteiger partial charge in [0, 0.05) is 18.2 Å². The zero-order valence-electron chi connectivity index (χ0n) is 18.2. The molecular weight excluding hydrogens is 410 g/mol. The molecule has 0 heterocycles. The van der Waals surface area contributed by atoms with Crippen molar-refractivity contribution in [3.63, 3.8) is 0 Å². The number of nitrogens with one attached hydrogen (secondary N) is 3. The fourth-order valence-electron chi connectivity index (χ4n) is 2.94. The van der Waals surface area contributed by atoms with Crippen molar-refractivity contribution in [3.8, 4) is 0 Å². The van der Waals surface area contributed by atoms with E-state index in [1.54, 1.807) is 48.5 Å². The summed E-state index contributed by atoms with van der Waals surface area (Å²) in [6.07, 6.45) is 4.21. The Bertz CT molecular complexity index is 911. The van der Waals surface area contributed by atoms with Crippen LogP contribution in [-0.2, 0) is 9.53 Å². The quantitative estimate of drug-likeness (QED) is 0.195. The molecule has 0 saturated carbocycles. The van der Waals surface area contributed by atoms with Gasteiger partial charge in [-0.15, -0.1) is 0 Å². The van der Waals surface area contributed by atoms with Crippen LogP contribution in [0.25, 0.3) is 6.08 Å². The summed E-state index contributed by atoms with van der Waals surface area (Å²) < 4.78 is 5.59. The zero-order valence-corrected chi connectivity index (χ0v) is 18.2. The lowest BCUT2D eigenvalue weighted by Crippen LogP contribution is -2.41. The Balaban J connectivity index is 2.05. The second kappa shape index (κ2) is 13.0. The van der Waals surface area contributed by atoms with E-state index in [-0.39, 0.29) is 12.1 Å². The van der Waals surface area contributed by atoms with Crippen LogP contribution in [-0.4, -0.2) is 35.8 Å². The third kappa shape index (κ3) is 8.71. The highest BCUT2D eigenvalue weighted by Crippen LogP contribution is 2.20. The lowest BCUT2D eigenvalue weighted by atomic mass is 10.0. The molecule has 0 aliphatic rings. The highest BCUT2D eigenvalue weighted by molar-refractivity contribution is 6.04. The average Bonchev–Trinajstić information content (AvgIpc) is 2.80. The van der Waals surface area contributed by atoms with Gasteiger partial charge in [0.1, 0.15) is 0 Å². The van der Waals surface area contributed by atoms with Crippen molar-refractivity contribution in [2.24, 2.45) is 0 Å². The topological polar surface area (TPSA) is 117 Å². The highest BCUT2D eigenvalue weighted by Gasteiger charge is 2.17. The Morgan fingerprint density at radius 2 is 1.72 bits per heavy atom. The van der Waals surface area contributed by atoms with E-state index in [0.29, 0.717) is 25.0 Å². The molecule has 0 fully saturated rings. The van der Waals surface area contributed by atoms with E-state index in [0.717, 1.165) is 11.1 Å². The Hall–Kier alpha value is -3.49. The first-order chi connectivity index (χ1) is 15.4. The first kappa shape index (κ1) is 24.8. The van der Waals surface area contributed by atoms with Crippen LogP contribution in [0.2, 0.25) is 0 Å². The zero-order chi connectivity index (χ0) is 23.3. The molecule has 8 heteroatoms. The van der Waals surface area contributed by atoms with E-state index in [9.17, 15) is 14.4 Å². The SMILES string of the molecule is CC(C)OCCCC(NC(=O)NC(=O)c1ccccc1)c1ccc(C=CC(=O)NO)cc1. The van der Waals surface area contributed by atoms with E-state index in [1.807, 2.05) is 26.0 Å². The summed E-state index contributed by atoms with van der Waals surface area (Å²) in [5, 5.41) is 13.8. The Kier molecular flexibility index (Phi) is 10.1. The standard InChI is InChI=1S/C24H29N3O5/c1-17(2)32-16-6-9-21(19-13-10-18(11-14-19)12-15-22(28)27-31)25-24(30)26-23(29)20-7-4-3-5-8-20/h3-5,7-8,10-15,17,21,31H,6,9,16H2,1-2H3,(H,27,28)(H2,25,26,29,30). The van der Waals surface area contributed by atoms with Crippen molar-refractivity contribution < 1.29 is 24.3 Å². The van der Waals surface area contributed by atoms with Crippen molar-refractivity contribution >= 4 is 23.9 Å². The Morgan fingerprint density at radius 1 is 1.03 bits per heavy atom. The van der Waals surface area contributed by atoms with Crippen molar-refractivity contribution in [1.29, 1.82) is 0 Å². The molecule has 2 aromatic rings. The first-order valence-electron chi connectivity index (χ1n) is 10.4. The third-order valence-corrected chi connectivity index (χ3v) is 4.53. The van der Waals surface area contributed by atoms with Crippen LogP contribution in [0.4, 0.5) is 4.79 Å². The number of ether oxygens (including phenoxy) is 1.